The second kappa shape index (κ2) is 7.10. The van der Waals surface area contributed by atoms with E-state index in [9.17, 15) is 9.59 Å². The first-order valence-electron chi connectivity index (χ1n) is 7.29. The standard InChI is InChI=1S/C17H15N3O3S/c1-11(18-17(22)12-5-3-2-4-6-12)16(21)19-15-9-14(20-23-15)13-7-8-24-10-13/h2-11H,1H3,(H,18,22)(H,19,21)/t11-/m1/s1. The smallest absolute Gasteiger partial charge is 0.251 e. The van der Waals surface area contributed by atoms with Gasteiger partial charge in [-0.05, 0) is 30.5 Å². The Morgan fingerprint density at radius 3 is 2.71 bits per heavy atom. The van der Waals surface area contributed by atoms with Crippen molar-refractivity contribution in [1.82, 2.24) is 10.5 Å². The van der Waals surface area contributed by atoms with Crippen LogP contribution < -0.4 is 10.6 Å². The molecular formula is C17H15N3O3S. The minimum atomic E-state index is -0.715. The average molecular weight is 341 g/mol. The van der Waals surface area contributed by atoms with E-state index < -0.39 is 6.04 Å². The van der Waals surface area contributed by atoms with Crippen LogP contribution in [0, 0.1) is 0 Å². The third-order valence-electron chi connectivity index (χ3n) is 3.35. The van der Waals surface area contributed by atoms with E-state index in [0.29, 0.717) is 11.3 Å². The van der Waals surface area contributed by atoms with Crippen molar-refractivity contribution in [2.24, 2.45) is 0 Å². The van der Waals surface area contributed by atoms with Gasteiger partial charge in [0.2, 0.25) is 11.8 Å². The van der Waals surface area contributed by atoms with Gasteiger partial charge in [0.15, 0.2) is 0 Å². The van der Waals surface area contributed by atoms with Gasteiger partial charge in [-0.25, -0.2) is 0 Å². The van der Waals surface area contributed by atoms with Gasteiger partial charge in [0, 0.05) is 22.6 Å². The molecule has 0 spiro atoms. The van der Waals surface area contributed by atoms with Gasteiger partial charge in [-0.3, -0.25) is 14.9 Å². The van der Waals surface area contributed by atoms with Crippen molar-refractivity contribution in [2.45, 2.75) is 13.0 Å². The molecule has 0 bridgehead atoms. The Morgan fingerprint density at radius 1 is 1.21 bits per heavy atom. The van der Waals surface area contributed by atoms with Crippen molar-refractivity contribution >= 4 is 29.0 Å². The van der Waals surface area contributed by atoms with Gasteiger partial charge in [-0.2, -0.15) is 11.3 Å². The van der Waals surface area contributed by atoms with Crippen molar-refractivity contribution in [3.05, 3.63) is 58.8 Å². The maximum atomic E-state index is 12.2. The number of rotatable bonds is 5. The molecule has 2 aromatic heterocycles. The lowest BCUT2D eigenvalue weighted by molar-refractivity contribution is -0.117. The molecule has 2 heterocycles. The fraction of sp³-hybridized carbons (Fsp3) is 0.118. The van der Waals surface area contributed by atoms with Crippen LogP contribution in [-0.4, -0.2) is 23.0 Å². The Hall–Kier alpha value is -2.93. The number of amides is 2. The summed E-state index contributed by atoms with van der Waals surface area (Å²) in [6, 6.07) is 11.6. The first-order valence-corrected chi connectivity index (χ1v) is 8.24. The van der Waals surface area contributed by atoms with E-state index in [1.807, 2.05) is 22.9 Å². The lowest BCUT2D eigenvalue weighted by Gasteiger charge is -2.12. The molecule has 0 saturated carbocycles. The zero-order valence-corrected chi connectivity index (χ0v) is 13.7. The van der Waals surface area contributed by atoms with Gasteiger partial charge in [-0.15, -0.1) is 0 Å². The van der Waals surface area contributed by atoms with Gasteiger partial charge in [-0.1, -0.05) is 23.4 Å². The molecule has 0 aliphatic rings. The molecule has 0 radical (unpaired) electrons. The third kappa shape index (κ3) is 3.69. The normalized spacial score (nSPS) is 11.7. The molecule has 1 aromatic carbocycles. The summed E-state index contributed by atoms with van der Waals surface area (Å²) in [6.45, 7) is 1.60. The quantitative estimate of drug-likeness (QED) is 0.746. The van der Waals surface area contributed by atoms with E-state index in [-0.39, 0.29) is 17.7 Å². The van der Waals surface area contributed by atoms with Crippen LogP contribution in [0.3, 0.4) is 0 Å². The number of benzene rings is 1. The van der Waals surface area contributed by atoms with Crippen LogP contribution in [0.25, 0.3) is 11.3 Å². The number of hydrogen-bond acceptors (Lipinski definition) is 5. The molecule has 2 N–H and O–H groups in total. The number of aromatic nitrogens is 1. The molecule has 1 atom stereocenters. The number of carbonyl (C=O) groups excluding carboxylic acids is 2. The number of thiophene rings is 1. The van der Waals surface area contributed by atoms with Crippen molar-refractivity contribution < 1.29 is 14.1 Å². The molecule has 0 aliphatic heterocycles. The monoisotopic (exact) mass is 341 g/mol. The molecule has 0 aliphatic carbocycles. The molecular weight excluding hydrogens is 326 g/mol. The third-order valence-corrected chi connectivity index (χ3v) is 4.03. The Morgan fingerprint density at radius 2 is 2.00 bits per heavy atom. The maximum Gasteiger partial charge on any atom is 0.251 e. The van der Waals surface area contributed by atoms with Crippen LogP contribution in [0.2, 0.25) is 0 Å². The summed E-state index contributed by atoms with van der Waals surface area (Å²) in [5, 5.41) is 13.0. The van der Waals surface area contributed by atoms with Gasteiger partial charge in [0.1, 0.15) is 11.7 Å². The zero-order valence-electron chi connectivity index (χ0n) is 12.9. The van der Waals surface area contributed by atoms with Crippen LogP contribution >= 0.6 is 11.3 Å². The van der Waals surface area contributed by atoms with Crippen molar-refractivity contribution in [2.75, 3.05) is 5.32 Å². The summed E-state index contributed by atoms with van der Waals surface area (Å²) in [5.41, 5.74) is 2.07. The summed E-state index contributed by atoms with van der Waals surface area (Å²) in [7, 11) is 0. The van der Waals surface area contributed by atoms with Crippen LogP contribution in [-0.2, 0) is 4.79 Å². The van der Waals surface area contributed by atoms with Crippen molar-refractivity contribution in [3.63, 3.8) is 0 Å². The number of anilines is 1. The van der Waals surface area contributed by atoms with Crippen LogP contribution in [0.5, 0.6) is 0 Å². The molecule has 7 heteroatoms. The Kier molecular flexibility index (Phi) is 4.72. The van der Waals surface area contributed by atoms with E-state index in [0.717, 1.165) is 5.56 Å². The van der Waals surface area contributed by atoms with Crippen LogP contribution in [0.1, 0.15) is 17.3 Å². The highest BCUT2D eigenvalue weighted by Crippen LogP contribution is 2.23. The number of hydrogen-bond donors (Lipinski definition) is 2. The lowest BCUT2D eigenvalue weighted by atomic mass is 10.2. The van der Waals surface area contributed by atoms with Gasteiger partial charge < -0.3 is 9.84 Å². The average Bonchev–Trinajstić information content (AvgIpc) is 3.26. The SMILES string of the molecule is C[C@@H](NC(=O)c1ccccc1)C(=O)Nc1cc(-c2ccsc2)no1. The topological polar surface area (TPSA) is 84.2 Å². The second-order valence-electron chi connectivity index (χ2n) is 5.14. The molecule has 0 unspecified atom stereocenters. The van der Waals surface area contributed by atoms with Crippen molar-refractivity contribution in [3.8, 4) is 11.3 Å². The summed E-state index contributed by atoms with van der Waals surface area (Å²) >= 11 is 1.55. The fourth-order valence-electron chi connectivity index (χ4n) is 2.05. The van der Waals surface area contributed by atoms with Crippen LogP contribution in [0.4, 0.5) is 5.88 Å². The van der Waals surface area contributed by atoms with Gasteiger partial charge in [0.05, 0.1) is 0 Å². The Bertz CT molecular complexity index is 828. The molecule has 122 valence electrons. The highest BCUT2D eigenvalue weighted by atomic mass is 32.1. The predicted molar refractivity (Wildman–Crippen MR) is 91.8 cm³/mol. The minimum absolute atomic E-state index is 0.238. The Labute approximate surface area is 142 Å². The van der Waals surface area contributed by atoms with Gasteiger partial charge in [0.25, 0.3) is 5.91 Å². The van der Waals surface area contributed by atoms with E-state index >= 15 is 0 Å². The molecule has 0 saturated heterocycles. The molecule has 24 heavy (non-hydrogen) atoms. The highest BCUT2D eigenvalue weighted by molar-refractivity contribution is 7.08. The van der Waals surface area contributed by atoms with Crippen molar-refractivity contribution in [1.29, 1.82) is 0 Å². The number of nitrogens with one attached hydrogen (secondary N) is 2. The number of nitrogens with zero attached hydrogens (tertiary/aromatic N) is 1. The first kappa shape index (κ1) is 15.9. The summed E-state index contributed by atoms with van der Waals surface area (Å²) in [4.78, 5) is 24.2. The summed E-state index contributed by atoms with van der Waals surface area (Å²) < 4.78 is 5.11. The largest absolute Gasteiger partial charge is 0.341 e. The minimum Gasteiger partial charge on any atom is -0.341 e. The van der Waals surface area contributed by atoms with Crippen LogP contribution in [0.15, 0.2) is 57.7 Å². The highest BCUT2D eigenvalue weighted by Gasteiger charge is 2.18. The number of carbonyl (C=O) groups is 2. The lowest BCUT2D eigenvalue weighted by Crippen LogP contribution is -2.41. The molecule has 3 aromatic rings. The zero-order chi connectivity index (χ0) is 16.9. The fourth-order valence-corrected chi connectivity index (χ4v) is 2.69. The molecule has 0 fully saturated rings. The second-order valence-corrected chi connectivity index (χ2v) is 5.92. The maximum absolute atomic E-state index is 12.2. The van der Waals surface area contributed by atoms with E-state index in [1.165, 1.54) is 0 Å². The van der Waals surface area contributed by atoms with E-state index in [4.69, 9.17) is 4.52 Å². The van der Waals surface area contributed by atoms with E-state index in [2.05, 4.69) is 15.8 Å². The molecule has 3 rings (SSSR count). The first-order chi connectivity index (χ1) is 11.6. The van der Waals surface area contributed by atoms with Gasteiger partial charge >= 0.3 is 0 Å². The summed E-state index contributed by atoms with van der Waals surface area (Å²) in [5.74, 6) is -0.455. The summed E-state index contributed by atoms with van der Waals surface area (Å²) in [6.07, 6.45) is 0. The molecule has 2 amide bonds. The Balaban J connectivity index is 1.59. The van der Waals surface area contributed by atoms with E-state index in [1.54, 1.807) is 48.6 Å². The predicted octanol–water partition coefficient (Wildman–Crippen LogP) is 3.16. The molecule has 6 nitrogen and oxygen atoms in total.